The number of hydrogen-bond acceptors (Lipinski definition) is 2. The molecule has 1 amide bonds. The second kappa shape index (κ2) is 6.20. The summed E-state index contributed by atoms with van der Waals surface area (Å²) in [6, 6.07) is 8.13. The Balaban J connectivity index is 2.00. The molecule has 1 aliphatic rings. The predicted molar refractivity (Wildman–Crippen MR) is 77.8 cm³/mol. The third kappa shape index (κ3) is 3.35. The van der Waals surface area contributed by atoms with Crippen LogP contribution in [0.2, 0.25) is 0 Å². The van der Waals surface area contributed by atoms with Crippen molar-refractivity contribution in [1.29, 1.82) is 0 Å². The standard InChI is InChI=1S/C16H24N2O/c1-11-6-5-9-15(12(11)2)18-10-13-7-3-4-8-14(13)16(17)19/h3-4,7-8,11-12,15,18H,5-6,9-10H2,1-2H3,(H2,17,19). The molecule has 2 rings (SSSR count). The SMILES string of the molecule is CC1CCCC(NCc2ccccc2C(N)=O)C1C. The highest BCUT2D eigenvalue weighted by Crippen LogP contribution is 2.29. The number of nitrogens with two attached hydrogens (primary N) is 1. The smallest absolute Gasteiger partial charge is 0.249 e. The molecule has 1 saturated carbocycles. The fourth-order valence-corrected chi connectivity index (χ4v) is 3.03. The van der Waals surface area contributed by atoms with E-state index in [1.54, 1.807) is 6.07 Å². The first-order chi connectivity index (χ1) is 9.09. The lowest BCUT2D eigenvalue weighted by molar-refractivity contribution is 0.0999. The van der Waals surface area contributed by atoms with E-state index in [1.807, 2.05) is 18.2 Å². The van der Waals surface area contributed by atoms with Gasteiger partial charge in [-0.3, -0.25) is 4.79 Å². The van der Waals surface area contributed by atoms with Gasteiger partial charge in [0.25, 0.3) is 0 Å². The van der Waals surface area contributed by atoms with E-state index < -0.39 is 0 Å². The molecule has 3 heteroatoms. The molecule has 0 spiro atoms. The van der Waals surface area contributed by atoms with E-state index in [1.165, 1.54) is 19.3 Å². The predicted octanol–water partition coefficient (Wildman–Crippen LogP) is 2.70. The van der Waals surface area contributed by atoms with Gasteiger partial charge in [-0.15, -0.1) is 0 Å². The largest absolute Gasteiger partial charge is 0.366 e. The van der Waals surface area contributed by atoms with E-state index in [0.717, 1.165) is 18.0 Å². The Bertz CT molecular complexity index is 444. The summed E-state index contributed by atoms with van der Waals surface area (Å²) in [4.78, 5) is 11.4. The van der Waals surface area contributed by atoms with Crippen LogP contribution in [-0.2, 0) is 6.54 Å². The minimum atomic E-state index is -0.345. The average Bonchev–Trinajstić information content (AvgIpc) is 2.40. The van der Waals surface area contributed by atoms with Crippen LogP contribution in [0, 0.1) is 11.8 Å². The maximum absolute atomic E-state index is 11.4. The van der Waals surface area contributed by atoms with E-state index in [0.29, 0.717) is 17.5 Å². The third-order valence-corrected chi connectivity index (χ3v) is 4.54. The molecule has 1 aliphatic carbocycles. The Morgan fingerprint density at radius 1 is 1.32 bits per heavy atom. The minimum absolute atomic E-state index is 0.345. The summed E-state index contributed by atoms with van der Waals surface area (Å²) in [5.74, 6) is 1.12. The summed E-state index contributed by atoms with van der Waals surface area (Å²) in [5, 5.41) is 3.61. The maximum Gasteiger partial charge on any atom is 0.249 e. The van der Waals surface area contributed by atoms with Crippen molar-refractivity contribution in [3.63, 3.8) is 0 Å². The van der Waals surface area contributed by atoms with Gasteiger partial charge in [0.1, 0.15) is 0 Å². The van der Waals surface area contributed by atoms with Crippen LogP contribution in [0.15, 0.2) is 24.3 Å². The normalized spacial score (nSPS) is 27.2. The number of carbonyl (C=O) groups excluding carboxylic acids is 1. The molecule has 1 aromatic rings. The Morgan fingerprint density at radius 3 is 2.79 bits per heavy atom. The summed E-state index contributed by atoms with van der Waals surface area (Å²) in [5.41, 5.74) is 7.04. The van der Waals surface area contributed by atoms with Crippen LogP contribution in [0.3, 0.4) is 0 Å². The molecule has 0 heterocycles. The number of benzene rings is 1. The summed E-state index contributed by atoms with van der Waals surface area (Å²) >= 11 is 0. The van der Waals surface area contributed by atoms with Crippen LogP contribution < -0.4 is 11.1 Å². The molecule has 0 aromatic heterocycles. The molecular weight excluding hydrogens is 236 g/mol. The van der Waals surface area contributed by atoms with Crippen molar-refractivity contribution in [2.24, 2.45) is 17.6 Å². The van der Waals surface area contributed by atoms with Gasteiger partial charge in [0.05, 0.1) is 0 Å². The molecule has 3 nitrogen and oxygen atoms in total. The van der Waals surface area contributed by atoms with E-state index in [2.05, 4.69) is 19.2 Å². The summed E-state index contributed by atoms with van der Waals surface area (Å²) in [6.45, 7) is 5.37. The monoisotopic (exact) mass is 260 g/mol. The second-order valence-electron chi connectivity index (χ2n) is 5.78. The molecular formula is C16H24N2O. The first-order valence-corrected chi connectivity index (χ1v) is 7.20. The first-order valence-electron chi connectivity index (χ1n) is 7.20. The highest BCUT2D eigenvalue weighted by Gasteiger charge is 2.26. The van der Waals surface area contributed by atoms with Crippen molar-refractivity contribution < 1.29 is 4.79 Å². The van der Waals surface area contributed by atoms with Crippen molar-refractivity contribution in [3.05, 3.63) is 35.4 Å². The second-order valence-corrected chi connectivity index (χ2v) is 5.78. The highest BCUT2D eigenvalue weighted by molar-refractivity contribution is 5.94. The van der Waals surface area contributed by atoms with Crippen molar-refractivity contribution in [1.82, 2.24) is 5.32 Å². The van der Waals surface area contributed by atoms with E-state index in [9.17, 15) is 4.79 Å². The molecule has 19 heavy (non-hydrogen) atoms. The number of hydrogen-bond donors (Lipinski definition) is 2. The van der Waals surface area contributed by atoms with Gasteiger partial charge >= 0.3 is 0 Å². The van der Waals surface area contributed by atoms with Gasteiger partial charge in [-0.05, 0) is 29.9 Å². The van der Waals surface area contributed by atoms with Crippen molar-refractivity contribution in [2.45, 2.75) is 45.7 Å². The summed E-state index contributed by atoms with van der Waals surface area (Å²) in [7, 11) is 0. The quantitative estimate of drug-likeness (QED) is 0.874. The Kier molecular flexibility index (Phi) is 4.59. The minimum Gasteiger partial charge on any atom is -0.366 e. The molecule has 104 valence electrons. The van der Waals surface area contributed by atoms with E-state index in [4.69, 9.17) is 5.73 Å². The molecule has 0 aliphatic heterocycles. The van der Waals surface area contributed by atoms with E-state index in [-0.39, 0.29) is 5.91 Å². The van der Waals surface area contributed by atoms with Crippen molar-refractivity contribution >= 4 is 5.91 Å². The first kappa shape index (κ1) is 14.1. The zero-order chi connectivity index (χ0) is 13.8. The number of nitrogens with one attached hydrogen (secondary N) is 1. The highest BCUT2D eigenvalue weighted by atomic mass is 16.1. The number of amides is 1. The lowest BCUT2D eigenvalue weighted by atomic mass is 9.78. The zero-order valence-electron chi connectivity index (χ0n) is 11.9. The van der Waals surface area contributed by atoms with Gasteiger partial charge in [0.15, 0.2) is 0 Å². The summed E-state index contributed by atoms with van der Waals surface area (Å²) < 4.78 is 0. The molecule has 0 radical (unpaired) electrons. The molecule has 3 unspecified atom stereocenters. The lowest BCUT2D eigenvalue weighted by Gasteiger charge is -2.35. The number of carbonyl (C=O) groups is 1. The topological polar surface area (TPSA) is 55.1 Å². The summed E-state index contributed by atoms with van der Waals surface area (Å²) in [6.07, 6.45) is 3.85. The Labute approximate surface area is 115 Å². The van der Waals surface area contributed by atoms with Crippen LogP contribution in [0.5, 0.6) is 0 Å². The van der Waals surface area contributed by atoms with Crippen LogP contribution >= 0.6 is 0 Å². The van der Waals surface area contributed by atoms with Gasteiger partial charge in [-0.25, -0.2) is 0 Å². The number of primary amides is 1. The van der Waals surface area contributed by atoms with Gasteiger partial charge in [0, 0.05) is 18.2 Å². The van der Waals surface area contributed by atoms with Crippen LogP contribution in [0.1, 0.15) is 49.0 Å². The van der Waals surface area contributed by atoms with E-state index >= 15 is 0 Å². The fourth-order valence-electron chi connectivity index (χ4n) is 3.03. The molecule has 3 N–H and O–H groups in total. The van der Waals surface area contributed by atoms with Crippen molar-refractivity contribution in [2.75, 3.05) is 0 Å². The maximum atomic E-state index is 11.4. The van der Waals surface area contributed by atoms with Crippen molar-refractivity contribution in [3.8, 4) is 0 Å². The lowest BCUT2D eigenvalue weighted by Crippen LogP contribution is -2.40. The Morgan fingerprint density at radius 2 is 2.05 bits per heavy atom. The Hall–Kier alpha value is -1.35. The molecule has 1 aromatic carbocycles. The molecule has 0 bridgehead atoms. The average molecular weight is 260 g/mol. The molecule has 3 atom stereocenters. The third-order valence-electron chi connectivity index (χ3n) is 4.54. The van der Waals surface area contributed by atoms with Gasteiger partial charge < -0.3 is 11.1 Å². The molecule has 0 saturated heterocycles. The molecule has 1 fully saturated rings. The van der Waals surface area contributed by atoms with Crippen LogP contribution in [0.25, 0.3) is 0 Å². The van der Waals surface area contributed by atoms with Gasteiger partial charge in [-0.2, -0.15) is 0 Å². The zero-order valence-corrected chi connectivity index (χ0v) is 11.9. The fraction of sp³-hybridized carbons (Fsp3) is 0.562. The number of rotatable bonds is 4. The van der Waals surface area contributed by atoms with Crippen LogP contribution in [-0.4, -0.2) is 11.9 Å². The van der Waals surface area contributed by atoms with Gasteiger partial charge in [-0.1, -0.05) is 44.9 Å². The van der Waals surface area contributed by atoms with Crippen LogP contribution in [0.4, 0.5) is 0 Å². The van der Waals surface area contributed by atoms with Gasteiger partial charge in [0.2, 0.25) is 5.91 Å².